The lowest BCUT2D eigenvalue weighted by Crippen LogP contribution is -2.06. The summed E-state index contributed by atoms with van der Waals surface area (Å²) in [6, 6.07) is 3.18. The molecule has 1 aromatic carbocycles. The number of nitrogens with zero attached hydrogens (tertiary/aromatic N) is 2. The van der Waals surface area contributed by atoms with Crippen LogP contribution in [-0.2, 0) is 17.2 Å². The van der Waals surface area contributed by atoms with Gasteiger partial charge in [-0.25, -0.2) is 9.37 Å². The molecule has 0 amide bonds. The van der Waals surface area contributed by atoms with Crippen molar-refractivity contribution in [2.45, 2.75) is 32.2 Å². The van der Waals surface area contributed by atoms with Crippen LogP contribution in [0.3, 0.4) is 0 Å². The molecule has 6 heteroatoms. The molecular weight excluding hydrogens is 347 g/mol. The third-order valence-corrected chi connectivity index (χ3v) is 3.85. The van der Waals surface area contributed by atoms with Gasteiger partial charge < -0.3 is 9.30 Å². The number of hydrogen-bond donors (Lipinski definition) is 0. The van der Waals surface area contributed by atoms with Crippen LogP contribution in [0.4, 0.5) is 4.39 Å². The van der Waals surface area contributed by atoms with Crippen LogP contribution in [0, 0.1) is 5.82 Å². The molecule has 2 rings (SSSR count). The maximum atomic E-state index is 13.7. The van der Waals surface area contributed by atoms with Crippen LogP contribution >= 0.6 is 27.5 Å². The topological polar surface area (TPSA) is 27.1 Å². The fourth-order valence-corrected chi connectivity index (χ4v) is 2.63. The largest absolute Gasteiger partial charge is 0.381 e. The van der Waals surface area contributed by atoms with E-state index in [0.29, 0.717) is 17.0 Å². The highest BCUT2D eigenvalue weighted by atomic mass is 79.9. The summed E-state index contributed by atoms with van der Waals surface area (Å²) in [6.07, 6.45) is 1.87. The summed E-state index contributed by atoms with van der Waals surface area (Å²) >= 11 is 9.10. The van der Waals surface area contributed by atoms with E-state index < -0.39 is 0 Å². The monoisotopic (exact) mass is 362 g/mol. The first-order valence-electron chi connectivity index (χ1n) is 6.65. The fourth-order valence-electron chi connectivity index (χ4n) is 2.09. The Morgan fingerprint density at radius 2 is 2.20 bits per heavy atom. The van der Waals surface area contributed by atoms with E-state index in [1.807, 2.05) is 4.57 Å². The van der Waals surface area contributed by atoms with Gasteiger partial charge in [-0.3, -0.25) is 0 Å². The van der Waals surface area contributed by atoms with Crippen molar-refractivity contribution >= 4 is 38.6 Å². The highest BCUT2D eigenvalue weighted by Crippen LogP contribution is 2.25. The van der Waals surface area contributed by atoms with Crippen LogP contribution < -0.4 is 0 Å². The highest BCUT2D eigenvalue weighted by Gasteiger charge is 2.12. The molecule has 0 aliphatic heterocycles. The molecule has 1 aromatic heterocycles. The summed E-state index contributed by atoms with van der Waals surface area (Å²) in [7, 11) is 0. The van der Waals surface area contributed by atoms with E-state index in [9.17, 15) is 4.39 Å². The zero-order valence-corrected chi connectivity index (χ0v) is 13.7. The summed E-state index contributed by atoms with van der Waals surface area (Å²) in [4.78, 5) is 4.44. The lowest BCUT2D eigenvalue weighted by molar-refractivity contribution is 0.129. The molecule has 2 aromatic rings. The Hall–Kier alpha value is -0.650. The number of ether oxygens (including phenoxy) is 1. The molecule has 110 valence electrons. The maximum Gasteiger partial charge on any atom is 0.139 e. The van der Waals surface area contributed by atoms with Crippen molar-refractivity contribution in [3.05, 3.63) is 28.2 Å². The van der Waals surface area contributed by atoms with E-state index in [2.05, 4.69) is 27.8 Å². The molecule has 3 nitrogen and oxygen atoms in total. The molecule has 1 heterocycles. The molecule has 0 unspecified atom stereocenters. The Kier molecular flexibility index (Phi) is 5.81. The van der Waals surface area contributed by atoms with Gasteiger partial charge in [-0.05, 0) is 34.8 Å². The summed E-state index contributed by atoms with van der Waals surface area (Å²) in [5.41, 5.74) is 1.53. The molecule has 0 spiro atoms. The van der Waals surface area contributed by atoms with Gasteiger partial charge in [-0.2, -0.15) is 0 Å². The Morgan fingerprint density at radius 3 is 2.90 bits per heavy atom. The average Bonchev–Trinajstić information content (AvgIpc) is 2.76. The van der Waals surface area contributed by atoms with Gasteiger partial charge in [0.2, 0.25) is 0 Å². The first-order valence-corrected chi connectivity index (χ1v) is 7.98. The molecule has 20 heavy (non-hydrogen) atoms. The Bertz CT molecular complexity index is 588. The summed E-state index contributed by atoms with van der Waals surface area (Å²) < 4.78 is 21.5. The predicted octanol–water partition coefficient (Wildman–Crippen LogP) is 4.49. The normalized spacial score (nSPS) is 11.4. The lowest BCUT2D eigenvalue weighted by atomic mass is 10.3. The number of halogens is 3. The number of benzene rings is 1. The number of aromatic nitrogens is 2. The zero-order valence-electron chi connectivity index (χ0n) is 11.3. The van der Waals surface area contributed by atoms with Crippen molar-refractivity contribution < 1.29 is 9.13 Å². The second kappa shape index (κ2) is 7.38. The van der Waals surface area contributed by atoms with E-state index in [-0.39, 0.29) is 5.82 Å². The molecule has 0 saturated heterocycles. The average molecular weight is 364 g/mol. The third kappa shape index (κ3) is 3.51. The summed E-state index contributed by atoms with van der Waals surface area (Å²) in [6.45, 7) is 4.27. The van der Waals surface area contributed by atoms with E-state index in [0.717, 1.165) is 42.9 Å². The summed E-state index contributed by atoms with van der Waals surface area (Å²) in [5.74, 6) is 0.778. The minimum atomic E-state index is -0.290. The van der Waals surface area contributed by atoms with Gasteiger partial charge >= 0.3 is 0 Å². The predicted molar refractivity (Wildman–Crippen MR) is 82.7 cm³/mol. The lowest BCUT2D eigenvalue weighted by Gasteiger charge is -2.08. The van der Waals surface area contributed by atoms with Crippen LogP contribution in [0.5, 0.6) is 0 Å². The molecule has 0 saturated carbocycles. The van der Waals surface area contributed by atoms with E-state index in [4.69, 9.17) is 16.3 Å². The highest BCUT2D eigenvalue weighted by molar-refractivity contribution is 9.10. The Balaban J connectivity index is 2.19. The first-order chi connectivity index (χ1) is 9.67. The minimum Gasteiger partial charge on any atom is -0.381 e. The number of rotatable bonds is 7. The molecule has 0 fully saturated rings. The number of hydrogen-bond acceptors (Lipinski definition) is 2. The standard InChI is InChI=1S/C14H17BrClFN2O/c1-2-5-20-6-3-4-19-13-8-11(17)10(15)7-12(13)18-14(19)9-16/h7-8H,2-6,9H2,1H3. The number of aryl methyl sites for hydroxylation is 1. The summed E-state index contributed by atoms with van der Waals surface area (Å²) in [5, 5.41) is 0. The molecule has 0 aliphatic carbocycles. The minimum absolute atomic E-state index is 0.290. The Morgan fingerprint density at radius 1 is 1.40 bits per heavy atom. The van der Waals surface area contributed by atoms with Crippen LogP contribution in [0.2, 0.25) is 0 Å². The van der Waals surface area contributed by atoms with Gasteiger partial charge in [0.1, 0.15) is 11.6 Å². The molecule has 0 atom stereocenters. The Labute approximate surface area is 131 Å². The van der Waals surface area contributed by atoms with Crippen molar-refractivity contribution in [2.24, 2.45) is 0 Å². The molecular formula is C14H17BrClFN2O. The first kappa shape index (κ1) is 15.7. The number of imidazole rings is 1. The van der Waals surface area contributed by atoms with Gasteiger partial charge in [0, 0.05) is 25.8 Å². The van der Waals surface area contributed by atoms with Crippen LogP contribution in [0.25, 0.3) is 11.0 Å². The van der Waals surface area contributed by atoms with E-state index in [1.165, 1.54) is 6.07 Å². The van der Waals surface area contributed by atoms with E-state index in [1.54, 1.807) is 6.07 Å². The van der Waals surface area contributed by atoms with E-state index >= 15 is 0 Å². The van der Waals surface area contributed by atoms with Crippen molar-refractivity contribution in [3.63, 3.8) is 0 Å². The van der Waals surface area contributed by atoms with Gasteiger partial charge in [-0.15, -0.1) is 11.6 Å². The quantitative estimate of drug-likeness (QED) is 0.535. The maximum absolute atomic E-state index is 13.7. The number of fused-ring (bicyclic) bond motifs is 1. The van der Waals surface area contributed by atoms with Crippen molar-refractivity contribution in [1.29, 1.82) is 0 Å². The van der Waals surface area contributed by atoms with Crippen LogP contribution in [0.1, 0.15) is 25.6 Å². The van der Waals surface area contributed by atoms with Crippen LogP contribution in [-0.4, -0.2) is 22.8 Å². The molecule has 0 aliphatic rings. The second-order valence-electron chi connectivity index (χ2n) is 4.53. The SMILES string of the molecule is CCCOCCCn1c(CCl)nc2cc(Br)c(F)cc21. The smallest absolute Gasteiger partial charge is 0.139 e. The third-order valence-electron chi connectivity index (χ3n) is 3.01. The van der Waals surface area contributed by atoms with Gasteiger partial charge in [0.05, 0.1) is 21.4 Å². The molecule has 0 N–H and O–H groups in total. The fraction of sp³-hybridized carbons (Fsp3) is 0.500. The van der Waals surface area contributed by atoms with Crippen LogP contribution in [0.15, 0.2) is 16.6 Å². The van der Waals surface area contributed by atoms with Gasteiger partial charge in [-0.1, -0.05) is 6.92 Å². The molecule has 0 bridgehead atoms. The van der Waals surface area contributed by atoms with Crippen molar-refractivity contribution in [2.75, 3.05) is 13.2 Å². The van der Waals surface area contributed by atoms with Crippen molar-refractivity contribution in [3.8, 4) is 0 Å². The van der Waals surface area contributed by atoms with Gasteiger partial charge in [0.25, 0.3) is 0 Å². The number of alkyl halides is 1. The van der Waals surface area contributed by atoms with Crippen molar-refractivity contribution in [1.82, 2.24) is 9.55 Å². The second-order valence-corrected chi connectivity index (χ2v) is 5.66. The van der Waals surface area contributed by atoms with Gasteiger partial charge in [0.15, 0.2) is 0 Å². The molecule has 0 radical (unpaired) electrons. The zero-order chi connectivity index (χ0) is 14.5.